The zero-order valence-corrected chi connectivity index (χ0v) is 18.8. The number of fused-ring (bicyclic) bond motifs is 1. The van der Waals surface area contributed by atoms with Crippen LogP contribution in [0.15, 0.2) is 48.5 Å². The van der Waals surface area contributed by atoms with Crippen molar-refractivity contribution in [1.82, 2.24) is 15.8 Å². The predicted octanol–water partition coefficient (Wildman–Crippen LogP) is 2.77. The van der Waals surface area contributed by atoms with E-state index < -0.39 is 29.5 Å². The van der Waals surface area contributed by atoms with Crippen LogP contribution in [0.25, 0.3) is 0 Å². The van der Waals surface area contributed by atoms with Crippen molar-refractivity contribution in [3.8, 4) is 5.75 Å². The van der Waals surface area contributed by atoms with Crippen LogP contribution < -0.4 is 20.8 Å². The Kier molecular flexibility index (Phi) is 5.47. The van der Waals surface area contributed by atoms with Crippen molar-refractivity contribution in [3.63, 3.8) is 0 Å². The second kappa shape index (κ2) is 8.48. The zero-order valence-electron chi connectivity index (χ0n) is 18.8. The lowest BCUT2D eigenvalue weighted by atomic mass is 9.77. The highest BCUT2D eigenvalue weighted by molar-refractivity contribution is 6.09. The molecule has 1 saturated heterocycles. The van der Waals surface area contributed by atoms with Crippen molar-refractivity contribution in [1.29, 1.82) is 0 Å². The number of hydrogen-bond donors (Lipinski definition) is 3. The van der Waals surface area contributed by atoms with Crippen LogP contribution in [0.3, 0.4) is 0 Å². The topological polar surface area (TPSA) is 117 Å². The van der Waals surface area contributed by atoms with Gasteiger partial charge in [-0.25, -0.2) is 4.79 Å². The second-order valence-electron chi connectivity index (χ2n) is 9.26. The highest BCUT2D eigenvalue weighted by Crippen LogP contribution is 2.36. The third kappa shape index (κ3) is 3.98. The van der Waals surface area contributed by atoms with E-state index in [0.29, 0.717) is 36.6 Å². The summed E-state index contributed by atoms with van der Waals surface area (Å²) >= 11 is 0. The van der Waals surface area contributed by atoms with Crippen LogP contribution in [-0.2, 0) is 16.0 Å². The molecule has 176 valence electrons. The Balaban J connectivity index is 1.23. The molecule has 3 N–H and O–H groups in total. The molecule has 2 aliphatic heterocycles. The summed E-state index contributed by atoms with van der Waals surface area (Å²) in [7, 11) is 0. The Morgan fingerprint density at radius 1 is 1.09 bits per heavy atom. The Morgan fingerprint density at radius 2 is 1.85 bits per heavy atom. The molecule has 1 atom stereocenters. The molecule has 2 fully saturated rings. The summed E-state index contributed by atoms with van der Waals surface area (Å²) in [6.45, 7) is 2.12. The maximum Gasteiger partial charge on any atom is 0.344 e. The van der Waals surface area contributed by atoms with Gasteiger partial charge < -0.3 is 15.4 Å². The Hall–Kier alpha value is -3.88. The molecule has 3 aliphatic rings. The van der Waals surface area contributed by atoms with E-state index in [-0.39, 0.29) is 11.5 Å². The first-order chi connectivity index (χ1) is 16.3. The summed E-state index contributed by atoms with van der Waals surface area (Å²) in [5.74, 6) is -0.183. The number of urea groups is 1. The maximum absolute atomic E-state index is 13.0. The summed E-state index contributed by atoms with van der Waals surface area (Å²) in [5.41, 5.74) is 3.06. The molecule has 9 heteroatoms. The number of carbonyl (C=O) groups excluding carboxylic acids is 4. The minimum Gasteiger partial charge on any atom is -0.480 e. The van der Waals surface area contributed by atoms with Crippen LogP contribution in [0.1, 0.15) is 48.5 Å². The Bertz CT molecular complexity index is 1150. The molecule has 1 saturated carbocycles. The molecule has 9 nitrogen and oxygen atoms in total. The van der Waals surface area contributed by atoms with E-state index in [9.17, 15) is 19.2 Å². The van der Waals surface area contributed by atoms with Crippen molar-refractivity contribution in [2.24, 2.45) is 5.92 Å². The van der Waals surface area contributed by atoms with Crippen LogP contribution in [0, 0.1) is 5.92 Å². The molecule has 0 bridgehead atoms. The highest BCUT2D eigenvalue weighted by Gasteiger charge is 2.53. The van der Waals surface area contributed by atoms with E-state index in [1.807, 2.05) is 24.3 Å². The van der Waals surface area contributed by atoms with Crippen LogP contribution in [-0.4, -0.2) is 40.4 Å². The molecule has 5 amide bonds. The Morgan fingerprint density at radius 3 is 2.62 bits per heavy atom. The molecule has 5 rings (SSSR count). The second-order valence-corrected chi connectivity index (χ2v) is 9.26. The minimum atomic E-state index is -0.939. The molecular weight excluding hydrogens is 436 g/mol. The third-order valence-corrected chi connectivity index (χ3v) is 6.83. The fraction of sp³-hybridized carbons (Fsp3) is 0.360. The van der Waals surface area contributed by atoms with Crippen LogP contribution in [0.5, 0.6) is 5.75 Å². The number of rotatable bonds is 4. The van der Waals surface area contributed by atoms with Crippen LogP contribution in [0.2, 0.25) is 0 Å². The average Bonchev–Trinajstić information content (AvgIpc) is 3.36. The van der Waals surface area contributed by atoms with E-state index in [4.69, 9.17) is 4.74 Å². The fourth-order valence-corrected chi connectivity index (χ4v) is 4.77. The molecule has 0 aromatic heterocycles. The number of para-hydroxylation sites is 1. The van der Waals surface area contributed by atoms with Gasteiger partial charge in [-0.15, -0.1) is 0 Å². The molecule has 2 aromatic carbocycles. The standard InChI is InChI=1S/C25H26N4O5/c1-15-9-11-25(12-10-15)23(32)29(24(33)27-25)28-21(30)17-6-4-7-18(13-17)26-22(31)20-14-16-5-2-3-8-19(16)34-20/h2-8,13,15,20H,9-12,14H2,1H3,(H,26,31)(H,27,33)(H,28,30). The van der Waals surface area contributed by atoms with E-state index >= 15 is 0 Å². The van der Waals surface area contributed by atoms with Gasteiger partial charge in [0.05, 0.1) is 0 Å². The lowest BCUT2D eigenvalue weighted by Gasteiger charge is -2.33. The number of imide groups is 1. The van der Waals surface area contributed by atoms with E-state index in [1.54, 1.807) is 18.2 Å². The number of hydrazine groups is 1. The van der Waals surface area contributed by atoms with Gasteiger partial charge in [-0.3, -0.25) is 19.8 Å². The molecule has 1 unspecified atom stereocenters. The van der Waals surface area contributed by atoms with Gasteiger partial charge in [0, 0.05) is 17.7 Å². The largest absolute Gasteiger partial charge is 0.480 e. The summed E-state index contributed by atoms with van der Waals surface area (Å²) in [6.07, 6.45) is 2.60. The Labute approximate surface area is 196 Å². The quantitative estimate of drug-likeness (QED) is 0.604. The van der Waals surface area contributed by atoms with Gasteiger partial charge in [0.15, 0.2) is 6.10 Å². The number of anilines is 1. The van der Waals surface area contributed by atoms with Crippen molar-refractivity contribution < 1.29 is 23.9 Å². The van der Waals surface area contributed by atoms with Gasteiger partial charge in [-0.1, -0.05) is 31.2 Å². The van der Waals surface area contributed by atoms with Gasteiger partial charge in [-0.05, 0) is 61.4 Å². The lowest BCUT2D eigenvalue weighted by molar-refractivity contribution is -0.134. The predicted molar refractivity (Wildman–Crippen MR) is 123 cm³/mol. The summed E-state index contributed by atoms with van der Waals surface area (Å²) < 4.78 is 5.71. The van der Waals surface area contributed by atoms with Gasteiger partial charge in [0.2, 0.25) is 0 Å². The van der Waals surface area contributed by atoms with Crippen LogP contribution >= 0.6 is 0 Å². The number of hydrogen-bond acceptors (Lipinski definition) is 5. The van der Waals surface area contributed by atoms with E-state index in [1.165, 1.54) is 6.07 Å². The van der Waals surface area contributed by atoms with E-state index in [2.05, 4.69) is 23.0 Å². The molecule has 0 radical (unpaired) electrons. The van der Waals surface area contributed by atoms with Crippen molar-refractivity contribution >= 4 is 29.4 Å². The zero-order chi connectivity index (χ0) is 23.9. The average molecular weight is 463 g/mol. The lowest BCUT2D eigenvalue weighted by Crippen LogP contribution is -2.51. The van der Waals surface area contributed by atoms with Gasteiger partial charge in [0.1, 0.15) is 11.3 Å². The fourth-order valence-electron chi connectivity index (χ4n) is 4.77. The van der Waals surface area contributed by atoms with Gasteiger partial charge in [0.25, 0.3) is 17.7 Å². The highest BCUT2D eigenvalue weighted by atomic mass is 16.5. The number of ether oxygens (including phenoxy) is 1. The molecular formula is C25H26N4O5. The van der Waals surface area contributed by atoms with Crippen molar-refractivity contribution in [3.05, 3.63) is 59.7 Å². The number of nitrogens with one attached hydrogen (secondary N) is 3. The first kappa shape index (κ1) is 21.9. The first-order valence-electron chi connectivity index (χ1n) is 11.5. The summed E-state index contributed by atoms with van der Waals surface area (Å²) in [4.78, 5) is 51.0. The van der Waals surface area contributed by atoms with E-state index in [0.717, 1.165) is 23.4 Å². The van der Waals surface area contributed by atoms with Crippen molar-refractivity contribution in [2.45, 2.75) is 50.7 Å². The molecule has 1 spiro atoms. The number of nitrogens with zero attached hydrogens (tertiary/aromatic N) is 1. The first-order valence-corrected chi connectivity index (χ1v) is 11.5. The van der Waals surface area contributed by atoms with Gasteiger partial charge in [-0.2, -0.15) is 5.01 Å². The van der Waals surface area contributed by atoms with Crippen LogP contribution in [0.4, 0.5) is 10.5 Å². The smallest absolute Gasteiger partial charge is 0.344 e. The number of benzene rings is 2. The monoisotopic (exact) mass is 462 g/mol. The summed E-state index contributed by atoms with van der Waals surface area (Å²) in [6, 6.07) is 13.2. The molecule has 1 aliphatic carbocycles. The van der Waals surface area contributed by atoms with Gasteiger partial charge >= 0.3 is 6.03 Å². The maximum atomic E-state index is 13.0. The minimum absolute atomic E-state index is 0.201. The number of carbonyl (C=O) groups is 4. The molecule has 2 heterocycles. The molecule has 34 heavy (non-hydrogen) atoms. The number of amides is 5. The summed E-state index contributed by atoms with van der Waals surface area (Å²) in [5, 5.41) is 6.32. The third-order valence-electron chi connectivity index (χ3n) is 6.83. The normalized spacial score (nSPS) is 25.5. The SMILES string of the molecule is CC1CCC2(CC1)NC(=O)N(NC(=O)c1cccc(NC(=O)C3Cc4ccccc4O3)c1)C2=O. The molecule has 2 aromatic rings. The van der Waals surface area contributed by atoms with Crippen molar-refractivity contribution in [2.75, 3.05) is 5.32 Å².